The highest BCUT2D eigenvalue weighted by Gasteiger charge is 2.13. The van der Waals surface area contributed by atoms with Crippen LogP contribution in [0.3, 0.4) is 0 Å². The Balaban J connectivity index is 2.50. The highest BCUT2D eigenvalue weighted by atomic mass is 32.2. The van der Waals surface area contributed by atoms with E-state index in [1.54, 1.807) is 6.92 Å². The van der Waals surface area contributed by atoms with Gasteiger partial charge in [0.15, 0.2) is 5.78 Å². The van der Waals surface area contributed by atoms with E-state index in [4.69, 9.17) is 0 Å². The number of hydrogen-bond acceptors (Lipinski definition) is 4. The summed E-state index contributed by atoms with van der Waals surface area (Å²) in [7, 11) is 0. The number of ketones is 1. The fourth-order valence-corrected chi connectivity index (χ4v) is 1.91. The number of carbonyl (C=O) groups excluding carboxylic acids is 2. The SMILES string of the molecule is CCOC(=O)CSCC(=O)c1cc(F)ccc1F. The summed E-state index contributed by atoms with van der Waals surface area (Å²) in [5.41, 5.74) is -0.300. The van der Waals surface area contributed by atoms with Gasteiger partial charge in [0, 0.05) is 0 Å². The average molecular weight is 274 g/mol. The molecule has 1 aromatic rings. The summed E-state index contributed by atoms with van der Waals surface area (Å²) in [6, 6.07) is 2.69. The molecule has 1 aromatic carbocycles. The first-order valence-corrected chi connectivity index (χ1v) is 6.41. The summed E-state index contributed by atoms with van der Waals surface area (Å²) in [5, 5.41) is 0. The largest absolute Gasteiger partial charge is 0.465 e. The molecule has 3 nitrogen and oxygen atoms in total. The predicted octanol–water partition coefficient (Wildman–Crippen LogP) is 2.44. The first-order valence-electron chi connectivity index (χ1n) is 5.26. The molecule has 0 aromatic heterocycles. The normalized spacial score (nSPS) is 10.2. The lowest BCUT2D eigenvalue weighted by Gasteiger charge is -2.03. The topological polar surface area (TPSA) is 43.4 Å². The average Bonchev–Trinajstić information content (AvgIpc) is 2.32. The Morgan fingerprint density at radius 2 is 2.00 bits per heavy atom. The van der Waals surface area contributed by atoms with Crippen LogP contribution in [0.2, 0.25) is 0 Å². The highest BCUT2D eigenvalue weighted by molar-refractivity contribution is 8.00. The van der Waals surface area contributed by atoms with Gasteiger partial charge < -0.3 is 4.74 Å². The molecule has 0 aliphatic heterocycles. The van der Waals surface area contributed by atoms with Crippen molar-refractivity contribution in [2.45, 2.75) is 6.92 Å². The van der Waals surface area contributed by atoms with E-state index in [2.05, 4.69) is 4.74 Å². The Kier molecular flexibility index (Phi) is 5.77. The van der Waals surface area contributed by atoms with Crippen molar-refractivity contribution in [3.63, 3.8) is 0 Å². The molecule has 0 atom stereocenters. The van der Waals surface area contributed by atoms with Gasteiger partial charge in [-0.2, -0.15) is 0 Å². The molecule has 0 spiro atoms. The second-order valence-corrected chi connectivity index (χ2v) is 4.33. The van der Waals surface area contributed by atoms with Crippen molar-refractivity contribution in [2.24, 2.45) is 0 Å². The van der Waals surface area contributed by atoms with Gasteiger partial charge in [0.2, 0.25) is 0 Å². The van der Waals surface area contributed by atoms with Crippen LogP contribution < -0.4 is 0 Å². The molecule has 0 saturated carbocycles. The molecular weight excluding hydrogens is 262 g/mol. The third-order valence-electron chi connectivity index (χ3n) is 1.99. The third-order valence-corrected chi connectivity index (χ3v) is 2.89. The maximum Gasteiger partial charge on any atom is 0.315 e. The Hall–Kier alpha value is -1.43. The van der Waals surface area contributed by atoms with E-state index in [9.17, 15) is 18.4 Å². The van der Waals surface area contributed by atoms with Gasteiger partial charge in [0.1, 0.15) is 11.6 Å². The van der Waals surface area contributed by atoms with Crippen molar-refractivity contribution in [3.8, 4) is 0 Å². The van der Waals surface area contributed by atoms with Gasteiger partial charge in [-0.05, 0) is 25.1 Å². The number of carbonyl (C=O) groups is 2. The van der Waals surface area contributed by atoms with Crippen molar-refractivity contribution in [2.75, 3.05) is 18.1 Å². The van der Waals surface area contributed by atoms with Gasteiger partial charge in [-0.1, -0.05) is 0 Å². The zero-order valence-electron chi connectivity index (χ0n) is 9.74. The summed E-state index contributed by atoms with van der Waals surface area (Å²) in [5.74, 6) is -2.51. The first kappa shape index (κ1) is 14.6. The zero-order valence-corrected chi connectivity index (χ0v) is 10.6. The number of Topliss-reactive ketones (excluding diaryl/α,β-unsaturated/α-hetero) is 1. The van der Waals surface area contributed by atoms with Gasteiger partial charge in [-0.25, -0.2) is 8.78 Å². The number of rotatable bonds is 6. The number of hydrogen-bond donors (Lipinski definition) is 0. The molecular formula is C12H12F2O3S. The van der Waals surface area contributed by atoms with E-state index in [0.29, 0.717) is 0 Å². The first-order chi connectivity index (χ1) is 8.54. The predicted molar refractivity (Wildman–Crippen MR) is 64.6 cm³/mol. The lowest BCUT2D eigenvalue weighted by Crippen LogP contribution is -2.11. The minimum absolute atomic E-state index is 0.0104. The summed E-state index contributed by atoms with van der Waals surface area (Å²) in [4.78, 5) is 22.6. The van der Waals surface area contributed by atoms with E-state index in [0.717, 1.165) is 30.0 Å². The number of thioether (sulfide) groups is 1. The fourth-order valence-electron chi connectivity index (χ4n) is 1.22. The zero-order chi connectivity index (χ0) is 13.5. The quantitative estimate of drug-likeness (QED) is 0.590. The lowest BCUT2D eigenvalue weighted by atomic mass is 10.1. The molecule has 0 saturated heterocycles. The maximum absolute atomic E-state index is 13.2. The highest BCUT2D eigenvalue weighted by Crippen LogP contribution is 2.13. The van der Waals surface area contributed by atoms with Crippen LogP contribution in [0, 0.1) is 11.6 Å². The van der Waals surface area contributed by atoms with Crippen molar-refractivity contribution in [1.82, 2.24) is 0 Å². The molecule has 0 unspecified atom stereocenters. The molecule has 0 aliphatic rings. The van der Waals surface area contributed by atoms with Crippen LogP contribution in [0.15, 0.2) is 18.2 Å². The summed E-state index contributed by atoms with van der Waals surface area (Å²) < 4.78 is 30.8. The Morgan fingerprint density at radius 1 is 1.28 bits per heavy atom. The molecule has 0 heterocycles. The molecule has 0 fully saturated rings. The minimum atomic E-state index is -0.766. The molecule has 98 valence electrons. The second kappa shape index (κ2) is 7.10. The smallest absolute Gasteiger partial charge is 0.315 e. The summed E-state index contributed by atoms with van der Waals surface area (Å²) in [6.45, 7) is 1.95. The van der Waals surface area contributed by atoms with E-state index in [-0.39, 0.29) is 23.7 Å². The standard InChI is InChI=1S/C12H12F2O3S/c1-2-17-12(16)7-18-6-11(15)9-5-8(13)3-4-10(9)14/h3-5H,2,6-7H2,1H3. The van der Waals surface area contributed by atoms with Crippen molar-refractivity contribution in [1.29, 1.82) is 0 Å². The molecule has 1 rings (SSSR count). The van der Waals surface area contributed by atoms with Crippen molar-refractivity contribution < 1.29 is 23.1 Å². The van der Waals surface area contributed by atoms with Gasteiger partial charge in [-0.15, -0.1) is 11.8 Å². The van der Waals surface area contributed by atoms with Gasteiger partial charge >= 0.3 is 5.97 Å². The molecule has 0 radical (unpaired) electrons. The number of ether oxygens (including phenoxy) is 1. The Bertz CT molecular complexity index is 449. The molecule has 0 N–H and O–H groups in total. The minimum Gasteiger partial charge on any atom is -0.465 e. The van der Waals surface area contributed by atoms with Crippen LogP contribution in [-0.2, 0) is 9.53 Å². The van der Waals surface area contributed by atoms with Gasteiger partial charge in [0.05, 0.1) is 23.7 Å². The maximum atomic E-state index is 13.2. The number of benzene rings is 1. The summed E-state index contributed by atoms with van der Waals surface area (Å²) in [6.07, 6.45) is 0. The number of halogens is 2. The lowest BCUT2D eigenvalue weighted by molar-refractivity contribution is -0.139. The van der Waals surface area contributed by atoms with Crippen LogP contribution in [0.1, 0.15) is 17.3 Å². The monoisotopic (exact) mass is 274 g/mol. The van der Waals surface area contributed by atoms with Crippen molar-refractivity contribution >= 4 is 23.5 Å². The van der Waals surface area contributed by atoms with Crippen LogP contribution in [0.4, 0.5) is 8.78 Å². The molecule has 18 heavy (non-hydrogen) atoms. The molecule has 0 aliphatic carbocycles. The molecule has 0 bridgehead atoms. The van der Waals surface area contributed by atoms with Crippen LogP contribution in [-0.4, -0.2) is 29.9 Å². The van der Waals surface area contributed by atoms with E-state index >= 15 is 0 Å². The third kappa shape index (κ3) is 4.44. The fraction of sp³-hybridized carbons (Fsp3) is 0.333. The number of esters is 1. The Morgan fingerprint density at radius 3 is 2.67 bits per heavy atom. The second-order valence-electron chi connectivity index (χ2n) is 3.35. The molecule has 0 amide bonds. The van der Waals surface area contributed by atoms with E-state index in [1.807, 2.05) is 0 Å². The van der Waals surface area contributed by atoms with Gasteiger partial charge in [0.25, 0.3) is 0 Å². The van der Waals surface area contributed by atoms with Crippen LogP contribution in [0.5, 0.6) is 0 Å². The summed E-state index contributed by atoms with van der Waals surface area (Å²) >= 11 is 1.01. The molecule has 6 heteroatoms. The van der Waals surface area contributed by atoms with Crippen LogP contribution >= 0.6 is 11.8 Å². The Labute approximate surface area is 108 Å². The van der Waals surface area contributed by atoms with E-state index < -0.39 is 23.4 Å². The van der Waals surface area contributed by atoms with E-state index in [1.165, 1.54) is 0 Å². The van der Waals surface area contributed by atoms with Gasteiger partial charge in [-0.3, -0.25) is 9.59 Å². The van der Waals surface area contributed by atoms with Crippen molar-refractivity contribution in [3.05, 3.63) is 35.4 Å². The van der Waals surface area contributed by atoms with Crippen LogP contribution in [0.25, 0.3) is 0 Å².